The normalized spacial score (nSPS) is 9.75. The zero-order chi connectivity index (χ0) is 8.81. The van der Waals surface area contributed by atoms with Crippen molar-refractivity contribution in [2.24, 2.45) is 0 Å². The molecule has 0 aliphatic carbocycles. The molecule has 12 heavy (non-hydrogen) atoms. The molecule has 0 unspecified atom stereocenters. The maximum absolute atomic E-state index is 5.52. The van der Waals surface area contributed by atoms with Gasteiger partial charge in [0.15, 0.2) is 0 Å². The number of hydrogen-bond acceptors (Lipinski definition) is 3. The average Bonchev–Trinajstić information content (AvgIpc) is 2.09. The molecule has 3 heteroatoms. The summed E-state index contributed by atoms with van der Waals surface area (Å²) >= 11 is 1.77. The molecular formula is C9H13NOS. The second kappa shape index (κ2) is 4.93. The van der Waals surface area contributed by atoms with Gasteiger partial charge in [0.2, 0.25) is 0 Å². The van der Waals surface area contributed by atoms with Crippen molar-refractivity contribution >= 4 is 17.4 Å². The van der Waals surface area contributed by atoms with E-state index in [2.05, 4.69) is 6.26 Å². The van der Waals surface area contributed by atoms with Gasteiger partial charge in [-0.2, -0.15) is 11.8 Å². The van der Waals surface area contributed by atoms with Crippen LogP contribution < -0.4 is 10.5 Å². The lowest BCUT2D eigenvalue weighted by Gasteiger charge is -2.04. The molecule has 0 aromatic heterocycles. The van der Waals surface area contributed by atoms with E-state index in [0.717, 1.165) is 23.8 Å². The summed E-state index contributed by atoms with van der Waals surface area (Å²) in [6.07, 6.45) is 2.06. The Bertz CT molecular complexity index is 222. The minimum atomic E-state index is 0.755. The Balaban J connectivity index is 2.37. The van der Waals surface area contributed by atoms with E-state index in [1.54, 1.807) is 11.8 Å². The first-order chi connectivity index (χ1) is 5.83. The van der Waals surface area contributed by atoms with Crippen molar-refractivity contribution in [3.8, 4) is 5.75 Å². The fourth-order valence-electron chi connectivity index (χ4n) is 0.807. The Morgan fingerprint density at radius 1 is 1.33 bits per heavy atom. The van der Waals surface area contributed by atoms with Gasteiger partial charge in [-0.05, 0) is 30.5 Å². The van der Waals surface area contributed by atoms with E-state index in [1.165, 1.54) is 0 Å². The molecule has 1 aromatic rings. The van der Waals surface area contributed by atoms with Crippen molar-refractivity contribution in [3.05, 3.63) is 24.3 Å². The number of nitrogen functional groups attached to an aromatic ring is 1. The third kappa shape index (κ3) is 3.05. The number of anilines is 1. The highest BCUT2D eigenvalue weighted by atomic mass is 32.2. The lowest BCUT2D eigenvalue weighted by molar-refractivity contribution is 0.344. The number of benzene rings is 1. The van der Waals surface area contributed by atoms with Crippen molar-refractivity contribution in [2.75, 3.05) is 24.3 Å². The maximum atomic E-state index is 5.52. The Morgan fingerprint density at radius 2 is 2.00 bits per heavy atom. The van der Waals surface area contributed by atoms with Crippen LogP contribution in [-0.2, 0) is 0 Å². The summed E-state index contributed by atoms with van der Waals surface area (Å²) in [4.78, 5) is 0. The van der Waals surface area contributed by atoms with Gasteiger partial charge < -0.3 is 10.5 Å². The molecule has 2 nitrogen and oxygen atoms in total. The molecule has 0 aliphatic heterocycles. The standard InChI is InChI=1S/C9H13NOS/c1-12-7-6-11-9-4-2-8(10)3-5-9/h2-5H,6-7,10H2,1H3. The maximum Gasteiger partial charge on any atom is 0.119 e. The molecule has 1 aromatic carbocycles. The molecule has 0 atom stereocenters. The molecule has 0 aliphatic rings. The first-order valence-corrected chi connectivity index (χ1v) is 5.19. The smallest absolute Gasteiger partial charge is 0.119 e. The van der Waals surface area contributed by atoms with Crippen LogP contribution in [0.4, 0.5) is 5.69 Å². The van der Waals surface area contributed by atoms with Crippen molar-refractivity contribution in [2.45, 2.75) is 0 Å². The van der Waals surface area contributed by atoms with Gasteiger partial charge in [-0.1, -0.05) is 0 Å². The van der Waals surface area contributed by atoms with Crippen molar-refractivity contribution in [1.82, 2.24) is 0 Å². The first-order valence-electron chi connectivity index (χ1n) is 3.80. The third-order valence-corrected chi connectivity index (χ3v) is 2.01. The van der Waals surface area contributed by atoms with E-state index in [4.69, 9.17) is 10.5 Å². The second-order valence-corrected chi connectivity index (χ2v) is 3.40. The van der Waals surface area contributed by atoms with Gasteiger partial charge in [-0.25, -0.2) is 0 Å². The topological polar surface area (TPSA) is 35.2 Å². The van der Waals surface area contributed by atoms with Gasteiger partial charge in [0.1, 0.15) is 5.75 Å². The first kappa shape index (κ1) is 9.26. The quantitative estimate of drug-likeness (QED) is 0.573. The molecule has 66 valence electrons. The summed E-state index contributed by atoms with van der Waals surface area (Å²) in [5, 5.41) is 0. The Hall–Kier alpha value is -0.830. The Labute approximate surface area is 77.1 Å². The van der Waals surface area contributed by atoms with Crippen LogP contribution in [0.5, 0.6) is 5.75 Å². The van der Waals surface area contributed by atoms with Crippen molar-refractivity contribution in [1.29, 1.82) is 0 Å². The average molecular weight is 183 g/mol. The predicted octanol–water partition coefficient (Wildman–Crippen LogP) is 2.01. The van der Waals surface area contributed by atoms with E-state index in [0.29, 0.717) is 0 Å². The molecule has 0 amide bonds. The molecule has 0 heterocycles. The van der Waals surface area contributed by atoms with Gasteiger partial charge in [-0.15, -0.1) is 0 Å². The zero-order valence-electron chi connectivity index (χ0n) is 7.12. The van der Waals surface area contributed by atoms with Gasteiger partial charge in [-0.3, -0.25) is 0 Å². The molecule has 0 bridgehead atoms. The highest BCUT2D eigenvalue weighted by Crippen LogP contribution is 2.12. The largest absolute Gasteiger partial charge is 0.493 e. The monoisotopic (exact) mass is 183 g/mol. The summed E-state index contributed by atoms with van der Waals surface area (Å²) in [6.45, 7) is 0.755. The zero-order valence-corrected chi connectivity index (χ0v) is 7.93. The van der Waals surface area contributed by atoms with Gasteiger partial charge in [0.25, 0.3) is 0 Å². The fraction of sp³-hybridized carbons (Fsp3) is 0.333. The van der Waals surface area contributed by atoms with Gasteiger partial charge in [0.05, 0.1) is 6.61 Å². The lowest BCUT2D eigenvalue weighted by atomic mass is 10.3. The lowest BCUT2D eigenvalue weighted by Crippen LogP contribution is -1.99. The SMILES string of the molecule is CSCCOc1ccc(N)cc1. The van der Waals surface area contributed by atoms with Crippen molar-refractivity contribution in [3.63, 3.8) is 0 Å². The summed E-state index contributed by atoms with van der Waals surface area (Å²) < 4.78 is 5.42. The summed E-state index contributed by atoms with van der Waals surface area (Å²) in [6, 6.07) is 7.45. The van der Waals surface area contributed by atoms with Crippen LogP contribution in [0.25, 0.3) is 0 Å². The number of thioether (sulfide) groups is 1. The minimum Gasteiger partial charge on any atom is -0.493 e. The highest BCUT2D eigenvalue weighted by Gasteiger charge is 1.91. The van der Waals surface area contributed by atoms with Crippen LogP contribution in [0.1, 0.15) is 0 Å². The van der Waals surface area contributed by atoms with E-state index in [1.807, 2.05) is 24.3 Å². The Kier molecular flexibility index (Phi) is 3.80. The number of rotatable bonds is 4. The van der Waals surface area contributed by atoms with Crippen LogP contribution >= 0.6 is 11.8 Å². The molecule has 1 rings (SSSR count). The molecule has 0 saturated heterocycles. The molecule has 0 spiro atoms. The van der Waals surface area contributed by atoms with Crippen LogP contribution in [0, 0.1) is 0 Å². The summed E-state index contributed by atoms with van der Waals surface area (Å²) in [7, 11) is 0. The molecule has 2 N–H and O–H groups in total. The van der Waals surface area contributed by atoms with Gasteiger partial charge in [0, 0.05) is 11.4 Å². The second-order valence-electron chi connectivity index (χ2n) is 2.41. The number of ether oxygens (including phenoxy) is 1. The summed E-state index contributed by atoms with van der Waals surface area (Å²) in [5.41, 5.74) is 6.29. The van der Waals surface area contributed by atoms with E-state index < -0.39 is 0 Å². The van der Waals surface area contributed by atoms with Crippen LogP contribution in [0.3, 0.4) is 0 Å². The minimum absolute atomic E-state index is 0.755. The van der Waals surface area contributed by atoms with Crippen molar-refractivity contribution < 1.29 is 4.74 Å². The van der Waals surface area contributed by atoms with Gasteiger partial charge >= 0.3 is 0 Å². The third-order valence-electron chi connectivity index (χ3n) is 1.44. The summed E-state index contributed by atoms with van der Waals surface area (Å²) in [5.74, 6) is 1.91. The predicted molar refractivity (Wildman–Crippen MR) is 54.7 cm³/mol. The molecule has 0 saturated carbocycles. The molecular weight excluding hydrogens is 170 g/mol. The van der Waals surface area contributed by atoms with Crippen LogP contribution in [0.2, 0.25) is 0 Å². The number of hydrogen-bond donors (Lipinski definition) is 1. The Morgan fingerprint density at radius 3 is 2.58 bits per heavy atom. The van der Waals surface area contributed by atoms with E-state index in [-0.39, 0.29) is 0 Å². The molecule has 0 radical (unpaired) electrons. The van der Waals surface area contributed by atoms with Crippen LogP contribution in [-0.4, -0.2) is 18.6 Å². The van der Waals surface area contributed by atoms with E-state index in [9.17, 15) is 0 Å². The van der Waals surface area contributed by atoms with E-state index >= 15 is 0 Å². The fourth-order valence-corrected chi connectivity index (χ4v) is 1.06. The number of nitrogens with two attached hydrogens (primary N) is 1. The molecule has 0 fully saturated rings. The highest BCUT2D eigenvalue weighted by molar-refractivity contribution is 7.98. The van der Waals surface area contributed by atoms with Crippen LogP contribution in [0.15, 0.2) is 24.3 Å².